The fourth-order valence-corrected chi connectivity index (χ4v) is 2.30. The second-order valence-corrected chi connectivity index (χ2v) is 6.92. The highest BCUT2D eigenvalue weighted by atomic mass is 16.6. The summed E-state index contributed by atoms with van der Waals surface area (Å²) < 4.78 is 5.09. The molecule has 2 unspecified atom stereocenters. The first kappa shape index (κ1) is 25.4. The second-order valence-electron chi connectivity index (χ2n) is 6.92. The van der Waals surface area contributed by atoms with Crippen LogP contribution in [0.25, 0.3) is 0 Å². The van der Waals surface area contributed by atoms with E-state index in [2.05, 4.69) is 49.5 Å². The van der Waals surface area contributed by atoms with Crippen LogP contribution in [-0.4, -0.2) is 23.3 Å². The molecule has 0 aliphatic carbocycles. The zero-order chi connectivity index (χ0) is 20.2. The lowest BCUT2D eigenvalue weighted by atomic mass is 10.1. The minimum absolute atomic E-state index is 0.260. The Morgan fingerprint density at radius 1 is 0.815 bits per heavy atom. The molecule has 0 aromatic carbocycles. The first-order valence-electron chi connectivity index (χ1n) is 10.6. The average molecular weight is 377 g/mol. The summed E-state index contributed by atoms with van der Waals surface area (Å²) in [5.41, 5.74) is 0. The maximum Gasteiger partial charge on any atom is 0.306 e. The number of aliphatic hydroxyl groups is 1. The number of esters is 1. The van der Waals surface area contributed by atoms with Gasteiger partial charge in [-0.05, 0) is 52.4 Å². The van der Waals surface area contributed by atoms with Gasteiger partial charge in [0.2, 0.25) is 0 Å². The van der Waals surface area contributed by atoms with Crippen LogP contribution in [0.2, 0.25) is 0 Å². The van der Waals surface area contributed by atoms with Gasteiger partial charge in [0, 0.05) is 6.42 Å². The molecule has 0 amide bonds. The number of unbranched alkanes of at least 4 members (excludes halogenated alkanes) is 4. The molecule has 1 N–H and O–H groups in total. The number of carbonyl (C=O) groups excluding carboxylic acids is 1. The zero-order valence-electron chi connectivity index (χ0n) is 17.6. The van der Waals surface area contributed by atoms with Crippen molar-refractivity contribution in [3.8, 4) is 0 Å². The van der Waals surface area contributed by atoms with Crippen molar-refractivity contribution in [2.75, 3.05) is 0 Å². The molecule has 3 nitrogen and oxygen atoms in total. The van der Waals surface area contributed by atoms with E-state index in [9.17, 15) is 9.90 Å². The Morgan fingerprint density at radius 3 is 1.85 bits per heavy atom. The highest BCUT2D eigenvalue weighted by Crippen LogP contribution is 2.04. The Morgan fingerprint density at radius 2 is 1.33 bits per heavy atom. The maximum atomic E-state index is 11.5. The largest absolute Gasteiger partial charge is 0.460 e. The van der Waals surface area contributed by atoms with Gasteiger partial charge in [0.05, 0.1) is 6.10 Å². The summed E-state index contributed by atoms with van der Waals surface area (Å²) >= 11 is 0. The standard InChI is InChI=1S/C24H40O3/c1-4-5-6-7-8-9-10-11-12-13-14-15-16-17-18-19-20-21-24(26)27-23(3)22(2)25/h9-10,12-13,15-16,18-19,22-23,25H,4-8,11,14,17,20-21H2,1-3H3/b10-9+,13-12+,16-15+,19-18+. The molecule has 0 radical (unpaired) electrons. The molecule has 0 bridgehead atoms. The van der Waals surface area contributed by atoms with Crippen LogP contribution in [0.5, 0.6) is 0 Å². The van der Waals surface area contributed by atoms with Crippen molar-refractivity contribution >= 4 is 5.97 Å². The SMILES string of the molecule is CCCCCC/C=C/C/C=C/C/C=C/C/C=C/CCC(=O)OC(C)C(C)O. The minimum atomic E-state index is -0.629. The van der Waals surface area contributed by atoms with Crippen LogP contribution in [0.15, 0.2) is 48.6 Å². The van der Waals surface area contributed by atoms with Crippen molar-refractivity contribution in [2.45, 2.75) is 97.2 Å². The molecular weight excluding hydrogens is 336 g/mol. The predicted octanol–water partition coefficient (Wildman–Crippen LogP) is 6.44. The number of rotatable bonds is 16. The molecule has 0 saturated carbocycles. The second kappa shape index (κ2) is 19.2. The smallest absolute Gasteiger partial charge is 0.306 e. The van der Waals surface area contributed by atoms with E-state index >= 15 is 0 Å². The molecule has 0 aromatic heterocycles. The van der Waals surface area contributed by atoms with Crippen molar-refractivity contribution in [1.82, 2.24) is 0 Å². The number of hydrogen-bond donors (Lipinski definition) is 1. The molecule has 0 aliphatic rings. The van der Waals surface area contributed by atoms with E-state index in [1.165, 1.54) is 32.1 Å². The third kappa shape index (κ3) is 19.0. The van der Waals surface area contributed by atoms with Gasteiger partial charge in [0.15, 0.2) is 0 Å². The Kier molecular flexibility index (Phi) is 18.0. The van der Waals surface area contributed by atoms with E-state index in [4.69, 9.17) is 4.74 Å². The lowest BCUT2D eigenvalue weighted by molar-refractivity contribution is -0.152. The van der Waals surface area contributed by atoms with Gasteiger partial charge in [0.1, 0.15) is 6.10 Å². The molecule has 0 spiro atoms. The van der Waals surface area contributed by atoms with Crippen molar-refractivity contribution < 1.29 is 14.6 Å². The third-order valence-electron chi connectivity index (χ3n) is 4.22. The number of allylic oxidation sites excluding steroid dienone is 8. The van der Waals surface area contributed by atoms with E-state index < -0.39 is 12.2 Å². The summed E-state index contributed by atoms with van der Waals surface area (Å²) in [7, 11) is 0. The third-order valence-corrected chi connectivity index (χ3v) is 4.22. The van der Waals surface area contributed by atoms with Crippen LogP contribution >= 0.6 is 0 Å². The number of aliphatic hydroxyl groups excluding tert-OH is 1. The average Bonchev–Trinajstić information content (AvgIpc) is 2.64. The number of ether oxygens (including phenoxy) is 1. The lowest BCUT2D eigenvalue weighted by Crippen LogP contribution is -2.25. The molecule has 0 heterocycles. The van der Waals surface area contributed by atoms with Crippen LogP contribution in [-0.2, 0) is 9.53 Å². The number of hydrogen-bond acceptors (Lipinski definition) is 3. The summed E-state index contributed by atoms with van der Waals surface area (Å²) in [4.78, 5) is 11.5. The van der Waals surface area contributed by atoms with E-state index in [1.807, 2.05) is 6.08 Å². The summed E-state index contributed by atoms with van der Waals surface area (Å²) in [5.74, 6) is -0.260. The minimum Gasteiger partial charge on any atom is -0.460 e. The molecule has 0 fully saturated rings. The topological polar surface area (TPSA) is 46.5 Å². The van der Waals surface area contributed by atoms with Gasteiger partial charge in [-0.2, -0.15) is 0 Å². The monoisotopic (exact) mass is 376 g/mol. The van der Waals surface area contributed by atoms with Crippen molar-refractivity contribution in [1.29, 1.82) is 0 Å². The quantitative estimate of drug-likeness (QED) is 0.191. The van der Waals surface area contributed by atoms with Gasteiger partial charge < -0.3 is 9.84 Å². The van der Waals surface area contributed by atoms with E-state index in [-0.39, 0.29) is 5.97 Å². The molecular formula is C24H40O3. The van der Waals surface area contributed by atoms with E-state index in [0.29, 0.717) is 12.8 Å². The highest BCUT2D eigenvalue weighted by molar-refractivity contribution is 5.69. The van der Waals surface area contributed by atoms with Gasteiger partial charge in [-0.15, -0.1) is 0 Å². The van der Waals surface area contributed by atoms with Crippen LogP contribution in [0.1, 0.15) is 85.0 Å². The van der Waals surface area contributed by atoms with Crippen molar-refractivity contribution in [3.05, 3.63) is 48.6 Å². The van der Waals surface area contributed by atoms with Gasteiger partial charge in [-0.25, -0.2) is 0 Å². The Bertz CT molecular complexity index is 458. The molecule has 154 valence electrons. The molecule has 0 rings (SSSR count). The van der Waals surface area contributed by atoms with E-state index in [1.54, 1.807) is 13.8 Å². The van der Waals surface area contributed by atoms with Crippen molar-refractivity contribution in [3.63, 3.8) is 0 Å². The molecule has 0 aromatic rings. The molecule has 2 atom stereocenters. The molecule has 0 saturated heterocycles. The first-order valence-corrected chi connectivity index (χ1v) is 10.6. The van der Waals surface area contributed by atoms with Gasteiger partial charge in [-0.1, -0.05) is 74.8 Å². The summed E-state index contributed by atoms with van der Waals surface area (Å²) in [6, 6.07) is 0. The fraction of sp³-hybridized carbons (Fsp3) is 0.625. The van der Waals surface area contributed by atoms with Crippen molar-refractivity contribution in [2.24, 2.45) is 0 Å². The summed E-state index contributed by atoms with van der Waals surface area (Å²) in [6.45, 7) is 5.56. The molecule has 0 aliphatic heterocycles. The first-order chi connectivity index (χ1) is 13.1. The Labute approximate surface area is 166 Å². The number of carbonyl (C=O) groups is 1. The van der Waals surface area contributed by atoms with Crippen LogP contribution in [0.3, 0.4) is 0 Å². The molecule has 27 heavy (non-hydrogen) atoms. The Hall–Kier alpha value is -1.61. The fourth-order valence-electron chi connectivity index (χ4n) is 2.30. The van der Waals surface area contributed by atoms with Gasteiger partial charge in [0.25, 0.3) is 0 Å². The van der Waals surface area contributed by atoms with Crippen LogP contribution in [0.4, 0.5) is 0 Å². The van der Waals surface area contributed by atoms with Crippen LogP contribution < -0.4 is 0 Å². The lowest BCUT2D eigenvalue weighted by Gasteiger charge is -2.15. The van der Waals surface area contributed by atoms with Gasteiger partial charge >= 0.3 is 5.97 Å². The zero-order valence-corrected chi connectivity index (χ0v) is 17.6. The van der Waals surface area contributed by atoms with Gasteiger partial charge in [-0.3, -0.25) is 4.79 Å². The predicted molar refractivity (Wildman–Crippen MR) is 116 cm³/mol. The maximum absolute atomic E-state index is 11.5. The molecule has 3 heteroatoms. The summed E-state index contributed by atoms with van der Waals surface area (Å²) in [5, 5.41) is 9.28. The normalized spacial score (nSPS) is 14.7. The summed E-state index contributed by atoms with van der Waals surface area (Å²) in [6.07, 6.45) is 26.6. The highest BCUT2D eigenvalue weighted by Gasteiger charge is 2.13. The van der Waals surface area contributed by atoms with E-state index in [0.717, 1.165) is 19.3 Å². The van der Waals surface area contributed by atoms with Crippen LogP contribution in [0, 0.1) is 0 Å². The Balaban J connectivity index is 3.57.